The number of rotatable bonds is 5. The molecule has 0 atom stereocenters. The average Bonchev–Trinajstić information content (AvgIpc) is 3.01. The lowest BCUT2D eigenvalue weighted by molar-refractivity contribution is -0.121. The second-order valence-electron chi connectivity index (χ2n) is 7.27. The van der Waals surface area contributed by atoms with Crippen LogP contribution in [0, 0.1) is 19.7 Å². The fourth-order valence-corrected chi connectivity index (χ4v) is 3.68. The Morgan fingerprint density at radius 3 is 2.55 bits per heavy atom. The number of nitrogens with one attached hydrogen (secondary N) is 1. The van der Waals surface area contributed by atoms with Gasteiger partial charge in [-0.15, -0.1) is 0 Å². The maximum absolute atomic E-state index is 13.7. The SMILES string of the molecule is Cc1c(C)n(-c2ccc(Cl)cc2)c2ncn(CC(=O)NCc3ccccc3F)c(=O)c12. The van der Waals surface area contributed by atoms with Crippen LogP contribution in [0.2, 0.25) is 5.02 Å². The summed E-state index contributed by atoms with van der Waals surface area (Å²) in [4.78, 5) is 29.9. The number of hydrogen-bond donors (Lipinski definition) is 1. The molecule has 158 valence electrons. The highest BCUT2D eigenvalue weighted by Gasteiger charge is 2.18. The van der Waals surface area contributed by atoms with E-state index in [2.05, 4.69) is 10.3 Å². The quantitative estimate of drug-likeness (QED) is 0.513. The Hall–Kier alpha value is -3.45. The third kappa shape index (κ3) is 3.96. The first kappa shape index (κ1) is 20.8. The lowest BCUT2D eigenvalue weighted by atomic mass is 10.2. The molecule has 0 bridgehead atoms. The van der Waals surface area contributed by atoms with E-state index in [-0.39, 0.29) is 18.6 Å². The summed E-state index contributed by atoms with van der Waals surface area (Å²) in [6.45, 7) is 3.61. The molecule has 0 spiro atoms. The summed E-state index contributed by atoms with van der Waals surface area (Å²) < 4.78 is 16.9. The Bertz CT molecular complexity index is 1340. The smallest absolute Gasteiger partial charge is 0.263 e. The number of carbonyl (C=O) groups excluding carboxylic acids is 1. The maximum atomic E-state index is 13.7. The second kappa shape index (κ2) is 8.35. The van der Waals surface area contributed by atoms with Gasteiger partial charge in [0.2, 0.25) is 5.91 Å². The molecule has 2 heterocycles. The number of aryl methyl sites for hydroxylation is 1. The van der Waals surface area contributed by atoms with Gasteiger partial charge in [-0.3, -0.25) is 18.7 Å². The Morgan fingerprint density at radius 2 is 1.84 bits per heavy atom. The Labute approximate surface area is 182 Å². The van der Waals surface area contributed by atoms with Gasteiger partial charge in [-0.05, 0) is 49.7 Å². The van der Waals surface area contributed by atoms with Crippen molar-refractivity contribution in [2.24, 2.45) is 0 Å². The molecular weight excluding hydrogens is 419 g/mol. The van der Waals surface area contributed by atoms with Crippen LogP contribution >= 0.6 is 11.6 Å². The molecule has 8 heteroatoms. The third-order valence-electron chi connectivity index (χ3n) is 5.32. The average molecular weight is 439 g/mol. The molecule has 0 aliphatic heterocycles. The van der Waals surface area contributed by atoms with Crippen LogP contribution in [0.3, 0.4) is 0 Å². The summed E-state index contributed by atoms with van der Waals surface area (Å²) in [6, 6.07) is 13.5. The van der Waals surface area contributed by atoms with E-state index >= 15 is 0 Å². The van der Waals surface area contributed by atoms with Crippen molar-refractivity contribution in [3.63, 3.8) is 0 Å². The van der Waals surface area contributed by atoms with Gasteiger partial charge in [0.05, 0.1) is 5.39 Å². The molecule has 0 aliphatic carbocycles. The summed E-state index contributed by atoms with van der Waals surface area (Å²) in [6.07, 6.45) is 1.36. The molecule has 0 unspecified atom stereocenters. The monoisotopic (exact) mass is 438 g/mol. The van der Waals surface area contributed by atoms with Gasteiger partial charge < -0.3 is 5.32 Å². The van der Waals surface area contributed by atoms with Crippen LogP contribution in [-0.2, 0) is 17.9 Å². The van der Waals surface area contributed by atoms with Gasteiger partial charge in [0.15, 0.2) is 5.65 Å². The molecule has 0 saturated heterocycles. The van der Waals surface area contributed by atoms with Gasteiger partial charge in [0.1, 0.15) is 18.7 Å². The van der Waals surface area contributed by atoms with Crippen molar-refractivity contribution in [1.29, 1.82) is 0 Å². The number of fused-ring (bicyclic) bond motifs is 1. The van der Waals surface area contributed by atoms with Gasteiger partial charge in [0, 0.05) is 28.5 Å². The van der Waals surface area contributed by atoms with Crippen LogP contribution < -0.4 is 10.9 Å². The molecule has 4 rings (SSSR count). The minimum Gasteiger partial charge on any atom is -0.350 e. The van der Waals surface area contributed by atoms with Gasteiger partial charge >= 0.3 is 0 Å². The summed E-state index contributed by atoms with van der Waals surface area (Å²) in [7, 11) is 0. The zero-order chi connectivity index (χ0) is 22.1. The first-order chi connectivity index (χ1) is 14.9. The number of hydrogen-bond acceptors (Lipinski definition) is 3. The molecule has 0 aliphatic rings. The van der Waals surface area contributed by atoms with Crippen LogP contribution in [0.25, 0.3) is 16.7 Å². The van der Waals surface area contributed by atoms with Crippen molar-refractivity contribution >= 4 is 28.5 Å². The lowest BCUT2D eigenvalue weighted by Crippen LogP contribution is -2.32. The molecule has 0 radical (unpaired) electrons. The van der Waals surface area contributed by atoms with Crippen molar-refractivity contribution in [2.75, 3.05) is 0 Å². The van der Waals surface area contributed by atoms with E-state index in [1.807, 2.05) is 30.5 Å². The maximum Gasteiger partial charge on any atom is 0.263 e. The van der Waals surface area contributed by atoms with E-state index in [1.54, 1.807) is 30.3 Å². The van der Waals surface area contributed by atoms with Crippen LogP contribution in [-0.4, -0.2) is 20.0 Å². The van der Waals surface area contributed by atoms with Crippen molar-refractivity contribution < 1.29 is 9.18 Å². The summed E-state index contributed by atoms with van der Waals surface area (Å²) in [5, 5.41) is 3.71. The molecular formula is C23H20ClFN4O2. The summed E-state index contributed by atoms with van der Waals surface area (Å²) >= 11 is 5.99. The molecule has 0 saturated carbocycles. The number of benzene rings is 2. The van der Waals surface area contributed by atoms with Gasteiger partial charge in [0.25, 0.3) is 5.56 Å². The predicted molar refractivity (Wildman–Crippen MR) is 118 cm³/mol. The third-order valence-corrected chi connectivity index (χ3v) is 5.57. The molecule has 6 nitrogen and oxygen atoms in total. The van der Waals surface area contributed by atoms with Gasteiger partial charge in [-0.1, -0.05) is 29.8 Å². The molecule has 2 aromatic heterocycles. The van der Waals surface area contributed by atoms with E-state index in [4.69, 9.17) is 11.6 Å². The molecule has 0 fully saturated rings. The van der Waals surface area contributed by atoms with Crippen molar-refractivity contribution in [2.45, 2.75) is 26.9 Å². The number of halogens is 2. The van der Waals surface area contributed by atoms with Crippen molar-refractivity contribution in [1.82, 2.24) is 19.4 Å². The van der Waals surface area contributed by atoms with Gasteiger partial charge in [-0.2, -0.15) is 0 Å². The highest BCUT2D eigenvalue weighted by atomic mass is 35.5. The zero-order valence-corrected chi connectivity index (χ0v) is 17.8. The Morgan fingerprint density at radius 1 is 1.13 bits per heavy atom. The van der Waals surface area contributed by atoms with E-state index in [0.29, 0.717) is 21.6 Å². The number of nitrogens with zero attached hydrogens (tertiary/aromatic N) is 3. The number of amides is 1. The number of aromatic nitrogens is 3. The van der Waals surface area contributed by atoms with Crippen molar-refractivity contribution in [3.8, 4) is 5.69 Å². The lowest BCUT2D eigenvalue weighted by Gasteiger charge is -2.09. The normalized spacial score (nSPS) is 11.1. The van der Waals surface area contributed by atoms with Crippen LogP contribution in [0.5, 0.6) is 0 Å². The number of carbonyl (C=O) groups is 1. The molecule has 1 amide bonds. The highest BCUT2D eigenvalue weighted by molar-refractivity contribution is 6.30. The first-order valence-corrected chi connectivity index (χ1v) is 10.1. The van der Waals surface area contributed by atoms with Crippen molar-refractivity contribution in [3.05, 3.63) is 92.9 Å². The molecule has 4 aromatic rings. The summed E-state index contributed by atoms with van der Waals surface area (Å²) in [5.74, 6) is -0.796. The van der Waals surface area contributed by atoms with Gasteiger partial charge in [-0.25, -0.2) is 9.37 Å². The highest BCUT2D eigenvalue weighted by Crippen LogP contribution is 2.25. The van der Waals surface area contributed by atoms with Crippen LogP contribution in [0.15, 0.2) is 59.7 Å². The topological polar surface area (TPSA) is 68.9 Å². The van der Waals surface area contributed by atoms with Crippen LogP contribution in [0.1, 0.15) is 16.8 Å². The van der Waals surface area contributed by atoms with Crippen LogP contribution in [0.4, 0.5) is 4.39 Å². The standard InChI is InChI=1S/C23H20ClFN4O2/c1-14-15(2)29(18-9-7-17(24)8-10-18)22-21(14)23(31)28(13-27-22)12-20(30)26-11-16-5-3-4-6-19(16)25/h3-10,13H,11-12H2,1-2H3,(H,26,30). The minimum atomic E-state index is -0.405. The fourth-order valence-electron chi connectivity index (χ4n) is 3.55. The predicted octanol–water partition coefficient (Wildman–Crippen LogP) is 3.91. The molecule has 1 N–H and O–H groups in total. The fraction of sp³-hybridized carbons (Fsp3) is 0.174. The second-order valence-corrected chi connectivity index (χ2v) is 7.70. The molecule has 31 heavy (non-hydrogen) atoms. The summed E-state index contributed by atoms with van der Waals surface area (Å²) in [5.41, 5.74) is 3.10. The van der Waals surface area contributed by atoms with E-state index < -0.39 is 11.7 Å². The Balaban J connectivity index is 1.63. The zero-order valence-electron chi connectivity index (χ0n) is 17.0. The van der Waals surface area contributed by atoms with E-state index in [1.165, 1.54) is 17.0 Å². The largest absolute Gasteiger partial charge is 0.350 e. The first-order valence-electron chi connectivity index (χ1n) is 9.70. The molecule has 2 aromatic carbocycles. The minimum absolute atomic E-state index is 0.0427. The van der Waals surface area contributed by atoms with E-state index in [9.17, 15) is 14.0 Å². The Kier molecular flexibility index (Phi) is 5.61. The van der Waals surface area contributed by atoms with E-state index in [0.717, 1.165) is 16.9 Å².